The highest BCUT2D eigenvalue weighted by Gasteiger charge is 2.23. The molecule has 0 unspecified atom stereocenters. The Morgan fingerprint density at radius 2 is 1.76 bits per heavy atom. The Morgan fingerprint density at radius 1 is 1.06 bits per heavy atom. The number of hydrogen-bond acceptors (Lipinski definition) is 5. The van der Waals surface area contributed by atoms with Gasteiger partial charge in [-0.3, -0.25) is 4.79 Å². The third-order valence-electron chi connectivity index (χ3n) is 5.61. The first kappa shape index (κ1) is 22.1. The number of thiophene rings is 1. The Kier molecular flexibility index (Phi) is 5.79. The summed E-state index contributed by atoms with van der Waals surface area (Å²) in [5.41, 5.74) is 3.25. The summed E-state index contributed by atoms with van der Waals surface area (Å²) in [5.74, 6) is -0.239. The second-order valence-electron chi connectivity index (χ2n) is 8.79. The molecule has 8 nitrogen and oxygen atoms in total. The van der Waals surface area contributed by atoms with Crippen LogP contribution in [0.1, 0.15) is 48.0 Å². The zero-order chi connectivity index (χ0) is 23.8. The number of nitrogens with one attached hydrogen (secondary N) is 3. The predicted molar refractivity (Wildman–Crippen MR) is 136 cm³/mol. The summed E-state index contributed by atoms with van der Waals surface area (Å²) in [6, 6.07) is 13.2. The predicted octanol–water partition coefficient (Wildman–Crippen LogP) is 5.59. The Labute approximate surface area is 201 Å². The van der Waals surface area contributed by atoms with Crippen LogP contribution in [-0.4, -0.2) is 32.7 Å². The van der Waals surface area contributed by atoms with Crippen LogP contribution in [0.25, 0.3) is 21.6 Å². The van der Waals surface area contributed by atoms with Gasteiger partial charge in [0.1, 0.15) is 0 Å². The average Bonchev–Trinajstić information content (AvgIpc) is 3.33. The van der Waals surface area contributed by atoms with Gasteiger partial charge in [-0.25, -0.2) is 14.5 Å². The van der Waals surface area contributed by atoms with Gasteiger partial charge in [-0.2, -0.15) is 5.10 Å². The van der Waals surface area contributed by atoms with Crippen LogP contribution in [0.4, 0.5) is 16.2 Å². The summed E-state index contributed by atoms with van der Waals surface area (Å²) < 4.78 is 1.84. The molecule has 9 heteroatoms. The van der Waals surface area contributed by atoms with E-state index in [0.29, 0.717) is 34.0 Å². The molecule has 4 aromatic rings. The maximum absolute atomic E-state index is 13.3. The van der Waals surface area contributed by atoms with E-state index in [4.69, 9.17) is 4.98 Å². The van der Waals surface area contributed by atoms with Gasteiger partial charge < -0.3 is 16.0 Å². The molecule has 3 heterocycles. The Morgan fingerprint density at radius 3 is 2.38 bits per heavy atom. The van der Waals surface area contributed by atoms with E-state index in [0.717, 1.165) is 23.4 Å². The fraction of sp³-hybridized carbons (Fsp3) is 0.280. The molecule has 3 amide bonds. The number of carbonyl (C=O) groups excluding carboxylic acids is 2. The lowest BCUT2D eigenvalue weighted by Crippen LogP contribution is -2.30. The zero-order valence-corrected chi connectivity index (χ0v) is 20.1. The van der Waals surface area contributed by atoms with Crippen molar-refractivity contribution in [1.29, 1.82) is 0 Å². The summed E-state index contributed by atoms with van der Waals surface area (Å²) in [5, 5.41) is 13.8. The van der Waals surface area contributed by atoms with Gasteiger partial charge in [0.15, 0.2) is 5.65 Å². The molecule has 1 aliphatic carbocycles. The van der Waals surface area contributed by atoms with Crippen LogP contribution >= 0.6 is 11.3 Å². The van der Waals surface area contributed by atoms with E-state index in [-0.39, 0.29) is 18.0 Å². The molecule has 5 rings (SSSR count). The summed E-state index contributed by atoms with van der Waals surface area (Å²) in [7, 11) is 0. The number of aromatic nitrogens is 3. The monoisotopic (exact) mass is 474 g/mol. The lowest BCUT2D eigenvalue weighted by atomic mass is 10.1. The molecule has 1 aromatic carbocycles. The Bertz CT molecular complexity index is 1370. The number of carbonyl (C=O) groups is 2. The lowest BCUT2D eigenvalue weighted by molar-refractivity contribution is 0.102. The maximum atomic E-state index is 13.3. The van der Waals surface area contributed by atoms with E-state index in [2.05, 4.69) is 21.0 Å². The number of aryl methyl sites for hydroxylation is 1. The number of pyridine rings is 1. The van der Waals surface area contributed by atoms with Crippen LogP contribution < -0.4 is 16.0 Å². The van der Waals surface area contributed by atoms with E-state index >= 15 is 0 Å². The van der Waals surface area contributed by atoms with Crippen LogP contribution in [0.5, 0.6) is 0 Å². The van der Waals surface area contributed by atoms with E-state index in [1.54, 1.807) is 41.8 Å². The molecule has 0 atom stereocenters. The zero-order valence-electron chi connectivity index (χ0n) is 19.3. The van der Waals surface area contributed by atoms with Crippen molar-refractivity contribution in [1.82, 2.24) is 20.1 Å². The molecule has 3 aromatic heterocycles. The van der Waals surface area contributed by atoms with Crippen LogP contribution in [0.2, 0.25) is 0 Å². The average molecular weight is 475 g/mol. The molecule has 0 spiro atoms. The Hall–Kier alpha value is -3.72. The van der Waals surface area contributed by atoms with Gasteiger partial charge in [0.25, 0.3) is 5.91 Å². The van der Waals surface area contributed by atoms with Gasteiger partial charge in [-0.1, -0.05) is 0 Å². The fourth-order valence-corrected chi connectivity index (χ4v) is 4.53. The highest BCUT2D eigenvalue weighted by Crippen LogP contribution is 2.31. The molecule has 0 radical (unpaired) electrons. The standard InChI is InChI=1S/C25H26N6O2S/c1-14(2)31-23-20(13-26-31)19(12-21(30-23)22-11-4-15(3)34-22)24(32)27-16-5-7-17(8-6-16)28-25(33)29-18-9-10-18/h4-8,11-14,18H,9-10H2,1-3H3,(H,27,32)(H2,28,29,33). The van der Waals surface area contributed by atoms with E-state index < -0.39 is 0 Å². The molecule has 174 valence electrons. The van der Waals surface area contributed by atoms with Crippen molar-refractivity contribution in [3.8, 4) is 10.6 Å². The molecule has 1 saturated carbocycles. The first-order valence-corrected chi connectivity index (χ1v) is 12.1. The number of fused-ring (bicyclic) bond motifs is 1. The second-order valence-corrected chi connectivity index (χ2v) is 10.1. The summed E-state index contributed by atoms with van der Waals surface area (Å²) >= 11 is 1.64. The smallest absolute Gasteiger partial charge is 0.319 e. The maximum Gasteiger partial charge on any atom is 0.319 e. The highest BCUT2D eigenvalue weighted by atomic mass is 32.1. The molecular formula is C25H26N6O2S. The third kappa shape index (κ3) is 4.65. The number of hydrogen-bond donors (Lipinski definition) is 3. The topological polar surface area (TPSA) is 101 Å². The van der Waals surface area contributed by atoms with Crippen LogP contribution in [0.15, 0.2) is 48.7 Å². The molecule has 34 heavy (non-hydrogen) atoms. The largest absolute Gasteiger partial charge is 0.335 e. The number of rotatable bonds is 6. The van der Waals surface area contributed by atoms with E-state index in [1.165, 1.54) is 4.88 Å². The van der Waals surface area contributed by atoms with Crippen molar-refractivity contribution in [2.24, 2.45) is 0 Å². The lowest BCUT2D eigenvalue weighted by Gasteiger charge is -2.11. The van der Waals surface area contributed by atoms with Crippen LogP contribution in [0.3, 0.4) is 0 Å². The molecule has 0 bridgehead atoms. The Balaban J connectivity index is 1.41. The van der Waals surface area contributed by atoms with Crippen molar-refractivity contribution < 1.29 is 9.59 Å². The normalized spacial score (nSPS) is 13.3. The van der Waals surface area contributed by atoms with E-state index in [9.17, 15) is 9.59 Å². The molecule has 3 N–H and O–H groups in total. The van der Waals surface area contributed by atoms with Gasteiger partial charge in [0, 0.05) is 28.3 Å². The van der Waals surface area contributed by atoms with Crippen molar-refractivity contribution in [3.63, 3.8) is 0 Å². The number of nitrogens with zero attached hydrogens (tertiary/aromatic N) is 3. The van der Waals surface area contributed by atoms with Crippen molar-refractivity contribution >= 4 is 45.7 Å². The van der Waals surface area contributed by atoms with E-state index in [1.807, 2.05) is 43.7 Å². The minimum atomic E-state index is -0.239. The number of anilines is 2. The van der Waals surface area contributed by atoms with Crippen molar-refractivity contribution in [2.45, 2.75) is 45.7 Å². The first-order chi connectivity index (χ1) is 16.4. The molecule has 1 fully saturated rings. The van der Waals surface area contributed by atoms with Crippen LogP contribution in [0, 0.1) is 6.92 Å². The van der Waals surface area contributed by atoms with Crippen LogP contribution in [-0.2, 0) is 0 Å². The minimum Gasteiger partial charge on any atom is -0.335 e. The second kappa shape index (κ2) is 8.90. The quantitative estimate of drug-likeness (QED) is 0.339. The third-order valence-corrected chi connectivity index (χ3v) is 6.63. The van der Waals surface area contributed by atoms with Gasteiger partial charge in [0.05, 0.1) is 27.7 Å². The first-order valence-electron chi connectivity index (χ1n) is 11.3. The SMILES string of the molecule is Cc1ccc(-c2cc(C(=O)Nc3ccc(NC(=O)NC4CC4)cc3)c3cnn(C(C)C)c3n2)s1. The number of benzene rings is 1. The number of amides is 3. The molecule has 1 aliphatic rings. The van der Waals surface area contributed by atoms with Gasteiger partial charge in [-0.05, 0) is 76.1 Å². The van der Waals surface area contributed by atoms with Crippen molar-refractivity contribution in [2.75, 3.05) is 10.6 Å². The molecule has 0 saturated heterocycles. The summed E-state index contributed by atoms with van der Waals surface area (Å²) in [6.07, 6.45) is 3.77. The minimum absolute atomic E-state index is 0.110. The van der Waals surface area contributed by atoms with Gasteiger partial charge >= 0.3 is 6.03 Å². The molecular weight excluding hydrogens is 448 g/mol. The van der Waals surface area contributed by atoms with Crippen molar-refractivity contribution in [3.05, 3.63) is 59.1 Å². The summed E-state index contributed by atoms with van der Waals surface area (Å²) in [6.45, 7) is 6.12. The van der Waals surface area contributed by atoms with Gasteiger partial charge in [-0.15, -0.1) is 11.3 Å². The van der Waals surface area contributed by atoms with Gasteiger partial charge in [0.2, 0.25) is 0 Å². The number of urea groups is 1. The highest BCUT2D eigenvalue weighted by molar-refractivity contribution is 7.15. The molecule has 0 aliphatic heterocycles. The summed E-state index contributed by atoms with van der Waals surface area (Å²) in [4.78, 5) is 32.3. The fourth-order valence-electron chi connectivity index (χ4n) is 3.70.